The quantitative estimate of drug-likeness (QED) is 0.449. The minimum atomic E-state index is -0.793. The molecule has 0 aliphatic carbocycles. The van der Waals surface area contributed by atoms with Gasteiger partial charge in [0.05, 0.1) is 10.3 Å². The van der Waals surface area contributed by atoms with Crippen LogP contribution in [0.3, 0.4) is 0 Å². The van der Waals surface area contributed by atoms with Crippen LogP contribution in [-0.4, -0.2) is 17.7 Å². The molecule has 0 bridgehead atoms. The second kappa shape index (κ2) is 5.63. The molecule has 2 aliphatic heterocycles. The molecule has 7 heteroatoms. The summed E-state index contributed by atoms with van der Waals surface area (Å²) in [5.41, 5.74) is 2.43. The number of anilines is 1. The Labute approximate surface area is 167 Å². The molecule has 1 unspecified atom stereocenters. The van der Waals surface area contributed by atoms with Gasteiger partial charge >= 0.3 is 5.69 Å². The minimum Gasteiger partial charge on any atom is -0.463 e. The normalized spacial score (nSPS) is 21.8. The third-order valence-corrected chi connectivity index (χ3v) is 6.37. The molecule has 0 N–H and O–H groups in total. The molecule has 2 aromatic rings. The number of aryl methyl sites for hydroxylation is 1. The minimum absolute atomic E-state index is 0.0135. The van der Waals surface area contributed by atoms with Crippen LogP contribution in [0, 0.1) is 17.0 Å². The molecule has 0 radical (unpaired) electrons. The zero-order chi connectivity index (χ0) is 19.7. The van der Waals surface area contributed by atoms with E-state index in [0.29, 0.717) is 11.3 Å². The van der Waals surface area contributed by atoms with Crippen molar-refractivity contribution >= 4 is 40.7 Å². The number of fused-ring (bicyclic) bond motifs is 2. The first-order chi connectivity index (χ1) is 12.6. The monoisotopic (exact) mass is 404 g/mol. The van der Waals surface area contributed by atoms with E-state index in [1.807, 2.05) is 13.1 Å². The van der Waals surface area contributed by atoms with E-state index in [1.165, 1.54) is 17.2 Å². The van der Waals surface area contributed by atoms with E-state index < -0.39 is 10.6 Å². The predicted molar refractivity (Wildman–Crippen MR) is 108 cm³/mol. The van der Waals surface area contributed by atoms with Gasteiger partial charge in [0.25, 0.3) is 0 Å². The van der Waals surface area contributed by atoms with Gasteiger partial charge in [-0.3, -0.25) is 10.1 Å². The topological polar surface area (TPSA) is 55.6 Å². The van der Waals surface area contributed by atoms with Crippen LogP contribution < -0.4 is 9.64 Å². The van der Waals surface area contributed by atoms with Crippen LogP contribution in [0.1, 0.15) is 30.5 Å². The van der Waals surface area contributed by atoms with Crippen LogP contribution in [0.4, 0.5) is 11.4 Å². The molecular formula is C20H18Cl2N2O3. The van der Waals surface area contributed by atoms with Crippen LogP contribution in [0.25, 0.3) is 6.08 Å². The average Bonchev–Trinajstić information content (AvgIpc) is 2.73. The Kier molecular flexibility index (Phi) is 3.78. The van der Waals surface area contributed by atoms with Gasteiger partial charge in [-0.2, -0.15) is 0 Å². The number of nitro benzene ring substituents is 1. The molecule has 1 atom stereocenters. The van der Waals surface area contributed by atoms with Crippen molar-refractivity contribution in [3.05, 3.63) is 67.2 Å². The molecular weight excluding hydrogens is 387 g/mol. The Morgan fingerprint density at radius 2 is 1.93 bits per heavy atom. The summed E-state index contributed by atoms with van der Waals surface area (Å²) in [5.74, 6) is 0.433. The van der Waals surface area contributed by atoms with Gasteiger partial charge in [-0.1, -0.05) is 40.9 Å². The first-order valence-corrected chi connectivity index (χ1v) is 9.25. The van der Waals surface area contributed by atoms with Crippen LogP contribution in [-0.2, 0) is 5.41 Å². The molecule has 5 nitrogen and oxygen atoms in total. The van der Waals surface area contributed by atoms with E-state index in [-0.39, 0.29) is 21.1 Å². The lowest BCUT2D eigenvalue weighted by Gasteiger charge is -2.45. The SMILES string of the molecule is Cc1ccc2c(c1)C(C)(C)C1(C=Cc3c(cc(Cl)c([N+](=O)[O-])c3Cl)O1)N2C. The van der Waals surface area contributed by atoms with Crippen molar-refractivity contribution in [3.8, 4) is 5.75 Å². The van der Waals surface area contributed by atoms with Crippen molar-refractivity contribution in [1.29, 1.82) is 0 Å². The second-order valence-corrected chi connectivity index (χ2v) is 8.31. The number of hydrogen-bond acceptors (Lipinski definition) is 4. The molecule has 0 fully saturated rings. The van der Waals surface area contributed by atoms with E-state index in [2.05, 4.69) is 43.9 Å². The van der Waals surface area contributed by atoms with Gasteiger partial charge in [-0.05, 0) is 44.6 Å². The van der Waals surface area contributed by atoms with Crippen molar-refractivity contribution < 1.29 is 9.66 Å². The number of benzene rings is 2. The smallest absolute Gasteiger partial charge is 0.307 e. The highest BCUT2D eigenvalue weighted by molar-refractivity contribution is 6.39. The third-order valence-electron chi connectivity index (χ3n) is 5.70. The first kappa shape index (κ1) is 18.1. The van der Waals surface area contributed by atoms with Crippen LogP contribution in [0.15, 0.2) is 30.3 Å². The van der Waals surface area contributed by atoms with Crippen LogP contribution >= 0.6 is 23.2 Å². The maximum Gasteiger partial charge on any atom is 0.307 e. The number of likely N-dealkylation sites (N-methyl/N-ethyl adjacent to an activating group) is 1. The predicted octanol–water partition coefficient (Wildman–Crippen LogP) is 5.74. The Hall–Kier alpha value is -2.24. The summed E-state index contributed by atoms with van der Waals surface area (Å²) in [6, 6.07) is 7.80. The number of ether oxygens (including phenoxy) is 1. The largest absolute Gasteiger partial charge is 0.463 e. The summed E-state index contributed by atoms with van der Waals surface area (Å²) in [7, 11) is 1.98. The Morgan fingerprint density at radius 3 is 2.59 bits per heavy atom. The third kappa shape index (κ3) is 2.25. The van der Waals surface area contributed by atoms with E-state index in [1.54, 1.807) is 6.08 Å². The summed E-state index contributed by atoms with van der Waals surface area (Å²) in [4.78, 5) is 12.8. The summed E-state index contributed by atoms with van der Waals surface area (Å²) < 4.78 is 6.47. The molecule has 0 saturated heterocycles. The Morgan fingerprint density at radius 1 is 1.22 bits per heavy atom. The average molecular weight is 405 g/mol. The highest BCUT2D eigenvalue weighted by atomic mass is 35.5. The van der Waals surface area contributed by atoms with Crippen LogP contribution in [0.5, 0.6) is 5.75 Å². The molecule has 0 aromatic heterocycles. The van der Waals surface area contributed by atoms with Gasteiger partial charge in [-0.25, -0.2) is 0 Å². The summed E-state index contributed by atoms with van der Waals surface area (Å²) in [6.45, 7) is 6.31. The highest BCUT2D eigenvalue weighted by Crippen LogP contribution is 2.56. The van der Waals surface area contributed by atoms with Crippen molar-refractivity contribution in [2.45, 2.75) is 31.9 Å². The molecule has 1 spiro atoms. The fraction of sp³-hybridized carbons (Fsp3) is 0.300. The molecule has 0 saturated carbocycles. The first-order valence-electron chi connectivity index (χ1n) is 8.50. The summed E-state index contributed by atoms with van der Waals surface area (Å²) in [6.07, 6.45) is 3.72. The molecule has 2 aromatic carbocycles. The van der Waals surface area contributed by atoms with Gasteiger partial charge in [0.1, 0.15) is 15.8 Å². The summed E-state index contributed by atoms with van der Waals surface area (Å²) >= 11 is 12.4. The molecule has 140 valence electrons. The lowest BCUT2D eigenvalue weighted by atomic mass is 9.76. The standard InChI is InChI=1S/C20H18Cl2N2O3/c1-11-5-6-15-13(9-11)19(2,3)20(23(15)4)8-7-12-16(27-20)10-14(21)18(17(12)22)24(25)26/h5-10H,1-4H3. The van der Waals surface area contributed by atoms with E-state index in [0.717, 1.165) is 5.69 Å². The fourth-order valence-electron chi connectivity index (χ4n) is 4.16. The number of rotatable bonds is 1. The maximum atomic E-state index is 11.3. The molecule has 2 heterocycles. The fourth-order valence-corrected chi connectivity index (χ4v) is 4.80. The van der Waals surface area contributed by atoms with Gasteiger partial charge in [0.15, 0.2) is 0 Å². The molecule has 2 aliphatic rings. The van der Waals surface area contributed by atoms with Gasteiger partial charge in [0, 0.05) is 24.4 Å². The zero-order valence-electron chi connectivity index (χ0n) is 15.3. The zero-order valence-corrected chi connectivity index (χ0v) is 16.9. The number of nitrogens with zero attached hydrogens (tertiary/aromatic N) is 2. The van der Waals surface area contributed by atoms with Gasteiger partial charge in [-0.15, -0.1) is 0 Å². The highest BCUT2D eigenvalue weighted by Gasteiger charge is 2.57. The second-order valence-electron chi connectivity index (χ2n) is 7.53. The van der Waals surface area contributed by atoms with E-state index >= 15 is 0 Å². The number of halogens is 2. The van der Waals surface area contributed by atoms with Crippen molar-refractivity contribution in [3.63, 3.8) is 0 Å². The lowest BCUT2D eigenvalue weighted by Crippen LogP contribution is -2.58. The van der Waals surface area contributed by atoms with Gasteiger partial charge in [0.2, 0.25) is 5.72 Å². The lowest BCUT2D eigenvalue weighted by molar-refractivity contribution is -0.384. The van der Waals surface area contributed by atoms with E-state index in [4.69, 9.17) is 27.9 Å². The molecule has 27 heavy (non-hydrogen) atoms. The number of hydrogen-bond donors (Lipinski definition) is 0. The Balaban J connectivity index is 1.90. The molecule has 0 amide bonds. The molecule has 4 rings (SSSR count). The van der Waals surface area contributed by atoms with Crippen molar-refractivity contribution in [2.24, 2.45) is 0 Å². The van der Waals surface area contributed by atoms with Crippen molar-refractivity contribution in [2.75, 3.05) is 11.9 Å². The van der Waals surface area contributed by atoms with E-state index in [9.17, 15) is 10.1 Å². The maximum absolute atomic E-state index is 11.3. The Bertz CT molecular complexity index is 1030. The van der Waals surface area contributed by atoms with Crippen molar-refractivity contribution in [1.82, 2.24) is 0 Å². The summed E-state index contributed by atoms with van der Waals surface area (Å²) in [5, 5.41) is 11.2. The van der Waals surface area contributed by atoms with Gasteiger partial charge < -0.3 is 9.64 Å². The number of nitro groups is 1. The van der Waals surface area contributed by atoms with Crippen LogP contribution in [0.2, 0.25) is 10.0 Å².